The van der Waals surface area contributed by atoms with E-state index in [2.05, 4.69) is 6.92 Å². The molecule has 0 bridgehead atoms. The molecule has 54 valence electrons. The zero-order valence-corrected chi connectivity index (χ0v) is 5.84. The van der Waals surface area contributed by atoms with Crippen LogP contribution in [0.2, 0.25) is 0 Å². The van der Waals surface area contributed by atoms with Crippen LogP contribution < -0.4 is 0 Å². The third-order valence-corrected chi connectivity index (χ3v) is 1.95. The summed E-state index contributed by atoms with van der Waals surface area (Å²) in [5.74, 6) is 0.689. The summed E-state index contributed by atoms with van der Waals surface area (Å²) in [5.41, 5.74) is 0. The maximum Gasteiger partial charge on any atom is 0.154 e. The van der Waals surface area contributed by atoms with Crippen molar-refractivity contribution in [2.24, 2.45) is 5.92 Å². The van der Waals surface area contributed by atoms with Gasteiger partial charge in [-0.1, -0.05) is 13.3 Å². The molecule has 0 saturated carbocycles. The Morgan fingerprint density at radius 1 is 1.67 bits per heavy atom. The van der Waals surface area contributed by atoms with Gasteiger partial charge in [0.2, 0.25) is 0 Å². The first-order valence-electron chi connectivity index (χ1n) is 3.62. The van der Waals surface area contributed by atoms with Gasteiger partial charge < -0.3 is 9.84 Å². The molecule has 0 amide bonds. The number of ether oxygens (including phenoxy) is 1. The Kier molecular flexibility index (Phi) is 2.49. The molecule has 1 heterocycles. The van der Waals surface area contributed by atoms with Crippen LogP contribution >= 0.6 is 0 Å². The molecule has 2 heteroatoms. The summed E-state index contributed by atoms with van der Waals surface area (Å²) in [5, 5.41) is 8.99. The predicted octanol–water partition coefficient (Wildman–Crippen LogP) is 1.14. The Morgan fingerprint density at radius 3 is 2.89 bits per heavy atom. The van der Waals surface area contributed by atoms with Crippen LogP contribution in [0.15, 0.2) is 0 Å². The van der Waals surface area contributed by atoms with E-state index in [1.165, 1.54) is 6.42 Å². The lowest BCUT2D eigenvalue weighted by atomic mass is 9.97. The van der Waals surface area contributed by atoms with Crippen molar-refractivity contribution in [3.05, 3.63) is 0 Å². The maximum atomic E-state index is 8.99. The summed E-state index contributed by atoms with van der Waals surface area (Å²) in [6, 6.07) is 0. The van der Waals surface area contributed by atoms with Crippen LogP contribution in [0.1, 0.15) is 26.2 Å². The number of hydrogen-bond donors (Lipinski definition) is 1. The van der Waals surface area contributed by atoms with Gasteiger partial charge in [-0.2, -0.15) is 0 Å². The standard InChI is InChI=1S/C7H14O2/c1-2-6-3-4-9-7(8)5-6/h6-8H,2-5H2,1H3. The summed E-state index contributed by atoms with van der Waals surface area (Å²) in [7, 11) is 0. The van der Waals surface area contributed by atoms with Crippen LogP contribution in [0.5, 0.6) is 0 Å². The monoisotopic (exact) mass is 130 g/mol. The van der Waals surface area contributed by atoms with Gasteiger partial charge in [0.15, 0.2) is 6.29 Å². The fraction of sp³-hybridized carbons (Fsp3) is 1.00. The number of rotatable bonds is 1. The zero-order chi connectivity index (χ0) is 6.69. The first kappa shape index (κ1) is 7.03. The van der Waals surface area contributed by atoms with Gasteiger partial charge in [0.1, 0.15) is 0 Å². The second-order valence-electron chi connectivity index (χ2n) is 2.62. The highest BCUT2D eigenvalue weighted by molar-refractivity contribution is 4.63. The molecule has 0 aliphatic carbocycles. The van der Waals surface area contributed by atoms with E-state index in [1.807, 2.05) is 0 Å². The van der Waals surface area contributed by atoms with Crippen LogP contribution in [0.25, 0.3) is 0 Å². The first-order chi connectivity index (χ1) is 4.33. The Labute approximate surface area is 55.8 Å². The van der Waals surface area contributed by atoms with Crippen molar-refractivity contribution in [2.75, 3.05) is 6.61 Å². The van der Waals surface area contributed by atoms with E-state index in [-0.39, 0.29) is 0 Å². The van der Waals surface area contributed by atoms with E-state index in [0.717, 1.165) is 19.4 Å². The highest BCUT2D eigenvalue weighted by atomic mass is 16.6. The largest absolute Gasteiger partial charge is 0.368 e. The van der Waals surface area contributed by atoms with Gasteiger partial charge in [-0.15, -0.1) is 0 Å². The van der Waals surface area contributed by atoms with Gasteiger partial charge in [0.05, 0.1) is 0 Å². The minimum Gasteiger partial charge on any atom is -0.368 e. The van der Waals surface area contributed by atoms with Crippen LogP contribution in [0.4, 0.5) is 0 Å². The summed E-state index contributed by atoms with van der Waals surface area (Å²) in [4.78, 5) is 0. The Morgan fingerprint density at radius 2 is 2.44 bits per heavy atom. The lowest BCUT2D eigenvalue weighted by Gasteiger charge is -2.24. The van der Waals surface area contributed by atoms with Gasteiger partial charge in [-0.3, -0.25) is 0 Å². The Bertz CT molecular complexity index is 83.0. The van der Waals surface area contributed by atoms with Crippen molar-refractivity contribution in [2.45, 2.75) is 32.5 Å². The van der Waals surface area contributed by atoms with Crippen LogP contribution in [0, 0.1) is 5.92 Å². The zero-order valence-electron chi connectivity index (χ0n) is 5.84. The van der Waals surface area contributed by atoms with Crippen LogP contribution in [0.3, 0.4) is 0 Å². The van der Waals surface area contributed by atoms with Gasteiger partial charge in [-0.25, -0.2) is 0 Å². The van der Waals surface area contributed by atoms with E-state index in [4.69, 9.17) is 9.84 Å². The molecule has 1 aliphatic rings. The van der Waals surface area contributed by atoms with Crippen molar-refractivity contribution in [3.8, 4) is 0 Å². The average molecular weight is 130 g/mol. The predicted molar refractivity (Wildman–Crippen MR) is 35.0 cm³/mol. The Hall–Kier alpha value is -0.0800. The molecule has 0 aromatic carbocycles. The number of aliphatic hydroxyl groups is 1. The van der Waals surface area contributed by atoms with Crippen molar-refractivity contribution in [1.82, 2.24) is 0 Å². The smallest absolute Gasteiger partial charge is 0.154 e. The average Bonchev–Trinajstić information content (AvgIpc) is 1.88. The molecule has 1 fully saturated rings. The Balaban J connectivity index is 2.23. The molecule has 9 heavy (non-hydrogen) atoms. The van der Waals surface area contributed by atoms with Crippen molar-refractivity contribution >= 4 is 0 Å². The molecule has 0 aromatic heterocycles. The SMILES string of the molecule is CCC1CCOC(O)C1. The highest BCUT2D eigenvalue weighted by Crippen LogP contribution is 2.20. The molecular weight excluding hydrogens is 116 g/mol. The van der Waals surface area contributed by atoms with Crippen molar-refractivity contribution in [3.63, 3.8) is 0 Å². The molecule has 1 N–H and O–H groups in total. The van der Waals surface area contributed by atoms with Crippen LogP contribution in [-0.2, 0) is 4.74 Å². The molecule has 2 nitrogen and oxygen atoms in total. The number of hydrogen-bond acceptors (Lipinski definition) is 2. The second kappa shape index (κ2) is 3.18. The molecule has 0 spiro atoms. The first-order valence-corrected chi connectivity index (χ1v) is 3.62. The third kappa shape index (κ3) is 1.95. The van der Waals surface area contributed by atoms with Gasteiger partial charge >= 0.3 is 0 Å². The van der Waals surface area contributed by atoms with Crippen molar-refractivity contribution in [1.29, 1.82) is 0 Å². The van der Waals surface area contributed by atoms with Gasteiger partial charge in [0.25, 0.3) is 0 Å². The summed E-state index contributed by atoms with van der Waals surface area (Å²) < 4.78 is 4.97. The molecule has 2 atom stereocenters. The molecule has 1 saturated heterocycles. The van der Waals surface area contributed by atoms with E-state index in [9.17, 15) is 0 Å². The lowest BCUT2D eigenvalue weighted by molar-refractivity contribution is -0.138. The molecule has 2 unspecified atom stereocenters. The third-order valence-electron chi connectivity index (χ3n) is 1.95. The topological polar surface area (TPSA) is 29.5 Å². The van der Waals surface area contributed by atoms with Crippen LogP contribution in [-0.4, -0.2) is 18.0 Å². The molecule has 0 aromatic rings. The summed E-state index contributed by atoms with van der Waals surface area (Å²) in [6.07, 6.45) is 2.63. The molecule has 0 radical (unpaired) electrons. The second-order valence-corrected chi connectivity index (χ2v) is 2.62. The van der Waals surface area contributed by atoms with Crippen molar-refractivity contribution < 1.29 is 9.84 Å². The molecule has 1 rings (SSSR count). The molecular formula is C7H14O2. The minimum absolute atomic E-state index is 0.483. The van der Waals surface area contributed by atoms with E-state index in [0.29, 0.717) is 5.92 Å². The minimum atomic E-state index is -0.483. The van der Waals surface area contributed by atoms with E-state index in [1.54, 1.807) is 0 Å². The fourth-order valence-corrected chi connectivity index (χ4v) is 1.21. The normalized spacial score (nSPS) is 36.7. The van der Waals surface area contributed by atoms with Gasteiger partial charge in [0, 0.05) is 13.0 Å². The van der Waals surface area contributed by atoms with E-state index < -0.39 is 6.29 Å². The fourth-order valence-electron chi connectivity index (χ4n) is 1.21. The highest BCUT2D eigenvalue weighted by Gasteiger charge is 2.18. The maximum absolute atomic E-state index is 8.99. The number of aliphatic hydroxyl groups excluding tert-OH is 1. The quantitative estimate of drug-likeness (QED) is 0.576. The summed E-state index contributed by atoms with van der Waals surface area (Å²) in [6.45, 7) is 2.89. The van der Waals surface area contributed by atoms with Gasteiger partial charge in [-0.05, 0) is 12.3 Å². The van der Waals surface area contributed by atoms with E-state index >= 15 is 0 Å². The summed E-state index contributed by atoms with van der Waals surface area (Å²) >= 11 is 0. The lowest BCUT2D eigenvalue weighted by Crippen LogP contribution is -2.24. The molecule has 1 aliphatic heterocycles.